The molecule has 0 aliphatic heterocycles. The van der Waals surface area contributed by atoms with Crippen molar-refractivity contribution >= 4 is 34.0 Å². The molecule has 2 aromatic heterocycles. The number of halogens is 2. The van der Waals surface area contributed by atoms with E-state index in [-0.39, 0.29) is 23.8 Å². The number of hydrogen-bond acceptors (Lipinski definition) is 3. The lowest BCUT2D eigenvalue weighted by molar-refractivity contribution is 0.0956. The molecule has 0 aliphatic carbocycles. The highest BCUT2D eigenvalue weighted by Gasteiger charge is 2.17. The highest BCUT2D eigenvalue weighted by atomic mass is 127. The average Bonchev–Trinajstić information content (AvgIpc) is 2.98. The molecule has 0 saturated heterocycles. The molecule has 1 N–H and O–H groups in total. The Hall–Kier alpha value is -2.03. The molecule has 0 atom stereocenters. The van der Waals surface area contributed by atoms with Gasteiger partial charge >= 0.3 is 0 Å². The number of rotatable bonds is 3. The summed E-state index contributed by atoms with van der Waals surface area (Å²) in [5.74, 6) is -0.608. The van der Waals surface area contributed by atoms with Crippen LogP contribution in [0.25, 0.3) is 5.52 Å². The van der Waals surface area contributed by atoms with Crippen LogP contribution in [0.2, 0.25) is 0 Å². The first kappa shape index (κ1) is 14.9. The third kappa shape index (κ3) is 2.68. The highest BCUT2D eigenvalue weighted by molar-refractivity contribution is 14.1. The predicted molar refractivity (Wildman–Crippen MR) is 88.3 cm³/mol. The normalized spacial score (nSPS) is 10.9. The van der Waals surface area contributed by atoms with Gasteiger partial charge in [-0.3, -0.25) is 9.20 Å². The van der Waals surface area contributed by atoms with Gasteiger partial charge in [-0.1, -0.05) is 6.07 Å². The van der Waals surface area contributed by atoms with E-state index in [1.165, 1.54) is 13.1 Å². The Kier molecular flexibility index (Phi) is 4.06. The molecule has 2 heterocycles. The summed E-state index contributed by atoms with van der Waals surface area (Å²) in [4.78, 5) is 20.3. The number of fused-ring (bicyclic) bond motifs is 1. The van der Waals surface area contributed by atoms with Crippen molar-refractivity contribution < 1.29 is 9.18 Å². The summed E-state index contributed by atoms with van der Waals surface area (Å²) >= 11 is 2.06. The van der Waals surface area contributed by atoms with Gasteiger partial charge in [0.15, 0.2) is 0 Å². The van der Waals surface area contributed by atoms with E-state index in [1.54, 1.807) is 29.2 Å². The van der Waals surface area contributed by atoms with Gasteiger partial charge in [-0.05, 0) is 40.3 Å². The summed E-state index contributed by atoms with van der Waals surface area (Å²) in [6.45, 7) is 0. The van der Waals surface area contributed by atoms with E-state index in [9.17, 15) is 9.18 Å². The number of nitrogens with zero attached hydrogens (tertiary/aromatic N) is 3. The Balaban J connectivity index is 2.15. The van der Waals surface area contributed by atoms with E-state index in [0.29, 0.717) is 11.3 Å². The van der Waals surface area contributed by atoms with Gasteiger partial charge in [-0.2, -0.15) is 0 Å². The zero-order valence-corrected chi connectivity index (χ0v) is 13.8. The third-order valence-electron chi connectivity index (χ3n) is 3.37. The fourth-order valence-electron chi connectivity index (χ4n) is 2.27. The largest absolute Gasteiger partial charge is 0.354 e. The van der Waals surface area contributed by atoms with Gasteiger partial charge in [0.1, 0.15) is 11.5 Å². The van der Waals surface area contributed by atoms with E-state index in [2.05, 4.69) is 37.9 Å². The van der Waals surface area contributed by atoms with Crippen LogP contribution in [-0.4, -0.2) is 27.3 Å². The molecule has 0 saturated carbocycles. The van der Waals surface area contributed by atoms with Crippen LogP contribution < -0.4 is 5.32 Å². The van der Waals surface area contributed by atoms with Crippen LogP contribution in [0.15, 0.2) is 36.9 Å². The number of imidazole rings is 1. The highest BCUT2D eigenvalue weighted by Crippen LogP contribution is 2.19. The molecule has 3 rings (SSSR count). The second-order valence-corrected chi connectivity index (χ2v) is 5.98. The Morgan fingerprint density at radius 3 is 2.95 bits per heavy atom. The van der Waals surface area contributed by atoms with Crippen LogP contribution in [0.3, 0.4) is 0 Å². The van der Waals surface area contributed by atoms with Crippen LogP contribution in [0.5, 0.6) is 0 Å². The molecule has 0 spiro atoms. The van der Waals surface area contributed by atoms with Crippen LogP contribution >= 0.6 is 22.6 Å². The molecule has 22 heavy (non-hydrogen) atoms. The summed E-state index contributed by atoms with van der Waals surface area (Å²) in [5, 5.41) is 2.56. The van der Waals surface area contributed by atoms with Crippen LogP contribution in [0.1, 0.15) is 21.7 Å². The van der Waals surface area contributed by atoms with E-state index in [4.69, 9.17) is 0 Å². The van der Waals surface area contributed by atoms with E-state index >= 15 is 0 Å². The first-order valence-electron chi connectivity index (χ1n) is 6.56. The zero-order valence-electron chi connectivity index (χ0n) is 11.7. The molecule has 0 radical (unpaired) electrons. The van der Waals surface area contributed by atoms with Crippen LogP contribution in [0.4, 0.5) is 4.39 Å². The molecule has 0 bridgehead atoms. The topological polar surface area (TPSA) is 59.3 Å². The summed E-state index contributed by atoms with van der Waals surface area (Å²) in [6.07, 6.45) is 5.08. The van der Waals surface area contributed by atoms with Crippen molar-refractivity contribution in [2.75, 3.05) is 7.05 Å². The molecule has 0 fully saturated rings. The molecular formula is C15H12FIN4O. The lowest BCUT2D eigenvalue weighted by Crippen LogP contribution is -2.23. The van der Waals surface area contributed by atoms with Gasteiger partial charge in [-0.25, -0.2) is 14.4 Å². The minimum absolute atomic E-state index is 0.256. The quantitative estimate of drug-likeness (QED) is 0.675. The Bertz CT molecular complexity index is 862. The minimum Gasteiger partial charge on any atom is -0.354 e. The molecule has 0 aliphatic rings. The fourth-order valence-corrected chi connectivity index (χ4v) is 2.72. The predicted octanol–water partition coefficient (Wildman–Crippen LogP) is 2.42. The lowest BCUT2D eigenvalue weighted by atomic mass is 10.1. The molecular weight excluding hydrogens is 398 g/mol. The average molecular weight is 410 g/mol. The maximum Gasteiger partial charge on any atom is 0.271 e. The summed E-state index contributed by atoms with van der Waals surface area (Å²) in [5.41, 5.74) is 2.14. The van der Waals surface area contributed by atoms with Gasteiger partial charge in [0, 0.05) is 17.0 Å². The van der Waals surface area contributed by atoms with Crippen molar-refractivity contribution in [3.8, 4) is 0 Å². The number of carbonyl (C=O) groups excluding carboxylic acids is 1. The van der Waals surface area contributed by atoms with Crippen molar-refractivity contribution in [2.24, 2.45) is 0 Å². The monoisotopic (exact) mass is 410 g/mol. The van der Waals surface area contributed by atoms with Crippen molar-refractivity contribution in [3.63, 3.8) is 0 Å². The Morgan fingerprint density at radius 1 is 1.41 bits per heavy atom. The number of carbonyl (C=O) groups is 1. The number of amides is 1. The molecule has 5 nitrogen and oxygen atoms in total. The number of hydrogen-bond donors (Lipinski definition) is 1. The van der Waals surface area contributed by atoms with Crippen LogP contribution in [0, 0.1) is 9.39 Å². The van der Waals surface area contributed by atoms with Crippen molar-refractivity contribution in [1.29, 1.82) is 0 Å². The van der Waals surface area contributed by atoms with Gasteiger partial charge in [0.25, 0.3) is 5.91 Å². The van der Waals surface area contributed by atoms with E-state index in [0.717, 1.165) is 9.09 Å². The first-order chi connectivity index (χ1) is 10.6. The minimum atomic E-state index is -0.309. The van der Waals surface area contributed by atoms with Gasteiger partial charge in [-0.15, -0.1) is 0 Å². The van der Waals surface area contributed by atoms with Crippen LogP contribution in [-0.2, 0) is 6.42 Å². The van der Waals surface area contributed by atoms with Gasteiger partial charge < -0.3 is 5.32 Å². The maximum atomic E-state index is 14.1. The van der Waals surface area contributed by atoms with Gasteiger partial charge in [0.2, 0.25) is 0 Å². The zero-order chi connectivity index (χ0) is 15.7. The lowest BCUT2D eigenvalue weighted by Gasteiger charge is -2.11. The van der Waals surface area contributed by atoms with Gasteiger partial charge in [0.05, 0.1) is 29.9 Å². The molecule has 1 aromatic carbocycles. The number of aromatic nitrogens is 3. The third-order valence-corrected chi connectivity index (χ3v) is 4.04. The smallest absolute Gasteiger partial charge is 0.271 e. The Labute approximate surface area is 139 Å². The Morgan fingerprint density at radius 2 is 2.23 bits per heavy atom. The van der Waals surface area contributed by atoms with E-state index < -0.39 is 0 Å². The molecule has 3 aromatic rings. The second-order valence-electron chi connectivity index (χ2n) is 4.73. The summed E-state index contributed by atoms with van der Waals surface area (Å²) < 4.78 is 16.7. The SMILES string of the molecule is CNC(=O)c1ncc2cncn2c1Cc1ccc(I)cc1F. The first-order valence-corrected chi connectivity index (χ1v) is 7.64. The number of benzene rings is 1. The van der Waals surface area contributed by atoms with Crippen molar-refractivity contribution in [1.82, 2.24) is 19.7 Å². The number of nitrogens with one attached hydrogen (secondary N) is 1. The maximum absolute atomic E-state index is 14.1. The molecule has 7 heteroatoms. The molecule has 1 amide bonds. The van der Waals surface area contributed by atoms with E-state index in [1.807, 2.05) is 6.07 Å². The molecule has 0 unspecified atom stereocenters. The fraction of sp³-hybridized carbons (Fsp3) is 0.133. The van der Waals surface area contributed by atoms with Crippen molar-refractivity contribution in [3.05, 3.63) is 63.3 Å². The summed E-state index contributed by atoms with van der Waals surface area (Å²) in [7, 11) is 1.54. The molecule has 112 valence electrons. The van der Waals surface area contributed by atoms with Crippen molar-refractivity contribution in [2.45, 2.75) is 6.42 Å². The summed E-state index contributed by atoms with van der Waals surface area (Å²) in [6, 6.07) is 5.03. The standard InChI is InChI=1S/C15H12FIN4O/c1-18-15(22)14-13(21-8-19-6-11(21)7-20-14)4-9-2-3-10(17)5-12(9)16/h2-3,5-8H,4H2,1H3,(H,18,22). The second kappa shape index (κ2) is 5.99.